The molecule has 1 heterocycles. The molecule has 176 valence electrons. The van der Waals surface area contributed by atoms with Crippen molar-refractivity contribution in [3.63, 3.8) is 0 Å². The molecule has 1 aliphatic rings. The molecule has 0 aliphatic carbocycles. The van der Waals surface area contributed by atoms with Gasteiger partial charge in [0.2, 0.25) is 10.0 Å². The SMILES string of the molecule is N#Cc1ccccc1S(=O)(=O)N1CCN(C(=O)c2cc(C(F)(F)F)cc(C(F)(F)F)c2)CC1. The van der Waals surface area contributed by atoms with Crippen LogP contribution in [0.3, 0.4) is 0 Å². The zero-order valence-electron chi connectivity index (χ0n) is 16.6. The molecule has 6 nitrogen and oxygen atoms in total. The molecule has 0 spiro atoms. The summed E-state index contributed by atoms with van der Waals surface area (Å²) in [6, 6.07) is 7.84. The molecule has 0 unspecified atom stereocenters. The summed E-state index contributed by atoms with van der Waals surface area (Å²) in [5, 5.41) is 9.13. The number of amides is 1. The Hall–Kier alpha value is -3.11. The zero-order valence-corrected chi connectivity index (χ0v) is 17.4. The van der Waals surface area contributed by atoms with Crippen LogP contribution in [0.1, 0.15) is 27.0 Å². The highest BCUT2D eigenvalue weighted by Crippen LogP contribution is 2.36. The van der Waals surface area contributed by atoms with Crippen molar-refractivity contribution in [2.24, 2.45) is 0 Å². The summed E-state index contributed by atoms with van der Waals surface area (Å²) in [6.45, 7) is -1.02. The van der Waals surface area contributed by atoms with E-state index in [2.05, 4.69) is 0 Å². The Labute approximate surface area is 184 Å². The number of hydrogen-bond donors (Lipinski definition) is 0. The van der Waals surface area contributed by atoms with E-state index in [1.165, 1.54) is 24.3 Å². The molecule has 0 radical (unpaired) electrons. The average Bonchev–Trinajstić information content (AvgIpc) is 2.77. The number of carbonyl (C=O) groups is 1. The van der Waals surface area contributed by atoms with Gasteiger partial charge in [0.05, 0.1) is 21.6 Å². The van der Waals surface area contributed by atoms with Crippen molar-refractivity contribution in [2.75, 3.05) is 26.2 Å². The van der Waals surface area contributed by atoms with Crippen molar-refractivity contribution >= 4 is 15.9 Å². The van der Waals surface area contributed by atoms with E-state index < -0.39 is 45.0 Å². The number of rotatable bonds is 3. The molecule has 1 aliphatic heterocycles. The summed E-state index contributed by atoms with van der Waals surface area (Å²) < 4.78 is 105. The standard InChI is InChI=1S/C20H15F6N3O3S/c21-19(22,23)15-9-14(10-16(11-15)20(24,25)26)18(30)28-5-7-29(8-6-28)33(31,32)17-4-2-1-3-13(17)12-27/h1-4,9-11H,5-8H2. The summed E-state index contributed by atoms with van der Waals surface area (Å²) in [5.41, 5.74) is -4.12. The predicted octanol–water partition coefficient (Wildman–Crippen LogP) is 3.74. The Balaban J connectivity index is 1.83. The maximum atomic E-state index is 13.1. The van der Waals surface area contributed by atoms with Gasteiger partial charge in [-0.05, 0) is 30.3 Å². The van der Waals surface area contributed by atoms with Crippen LogP contribution in [0.4, 0.5) is 26.3 Å². The molecule has 2 aromatic carbocycles. The Morgan fingerprint density at radius 3 is 1.88 bits per heavy atom. The fraction of sp³-hybridized carbons (Fsp3) is 0.300. The van der Waals surface area contributed by atoms with Gasteiger partial charge in [-0.15, -0.1) is 0 Å². The van der Waals surface area contributed by atoms with Gasteiger partial charge in [-0.3, -0.25) is 4.79 Å². The third-order valence-electron chi connectivity index (χ3n) is 4.99. The van der Waals surface area contributed by atoms with E-state index in [-0.39, 0.29) is 42.7 Å². The van der Waals surface area contributed by atoms with Crippen molar-refractivity contribution in [2.45, 2.75) is 17.2 Å². The molecule has 0 aromatic heterocycles. The van der Waals surface area contributed by atoms with Crippen molar-refractivity contribution in [1.82, 2.24) is 9.21 Å². The van der Waals surface area contributed by atoms with Gasteiger partial charge >= 0.3 is 12.4 Å². The first kappa shape index (κ1) is 24.5. The van der Waals surface area contributed by atoms with Gasteiger partial charge in [0.15, 0.2) is 0 Å². The largest absolute Gasteiger partial charge is 0.416 e. The highest BCUT2D eigenvalue weighted by molar-refractivity contribution is 7.89. The number of carbonyl (C=O) groups excluding carboxylic acids is 1. The molecule has 3 rings (SSSR count). The Morgan fingerprint density at radius 2 is 1.39 bits per heavy atom. The molecule has 0 bridgehead atoms. The molecule has 0 atom stereocenters. The van der Waals surface area contributed by atoms with E-state index in [1.54, 1.807) is 6.07 Å². The minimum absolute atomic E-state index is 0.0755. The van der Waals surface area contributed by atoms with E-state index in [9.17, 15) is 39.6 Å². The quantitative estimate of drug-likeness (QED) is 0.613. The molecular weight excluding hydrogens is 476 g/mol. The molecular formula is C20H15F6N3O3S. The summed E-state index contributed by atoms with van der Waals surface area (Å²) in [5.74, 6) is -1.08. The lowest BCUT2D eigenvalue weighted by Crippen LogP contribution is -2.50. The Kier molecular flexibility index (Phi) is 6.45. The molecule has 13 heteroatoms. The molecule has 33 heavy (non-hydrogen) atoms. The van der Waals surface area contributed by atoms with E-state index in [0.717, 1.165) is 9.21 Å². The van der Waals surface area contributed by atoms with Gasteiger partial charge in [0, 0.05) is 31.7 Å². The topological polar surface area (TPSA) is 81.5 Å². The number of nitriles is 1. The average molecular weight is 491 g/mol. The van der Waals surface area contributed by atoms with Crippen molar-refractivity contribution in [3.8, 4) is 6.07 Å². The van der Waals surface area contributed by atoms with E-state index in [0.29, 0.717) is 12.1 Å². The van der Waals surface area contributed by atoms with Gasteiger partial charge < -0.3 is 4.90 Å². The zero-order chi connectivity index (χ0) is 24.6. The highest BCUT2D eigenvalue weighted by atomic mass is 32.2. The van der Waals surface area contributed by atoms with Gasteiger partial charge in [-0.1, -0.05) is 12.1 Å². The number of nitrogens with zero attached hydrogens (tertiary/aromatic N) is 3. The second-order valence-electron chi connectivity index (χ2n) is 7.10. The van der Waals surface area contributed by atoms with Gasteiger partial charge in [0.1, 0.15) is 6.07 Å². The minimum atomic E-state index is -5.10. The third kappa shape index (κ3) is 5.12. The van der Waals surface area contributed by atoms with Gasteiger partial charge in [-0.2, -0.15) is 35.9 Å². The first-order chi connectivity index (χ1) is 15.2. The lowest BCUT2D eigenvalue weighted by atomic mass is 10.0. The van der Waals surface area contributed by atoms with Crippen LogP contribution >= 0.6 is 0 Å². The Bertz CT molecular complexity index is 1180. The monoisotopic (exact) mass is 491 g/mol. The lowest BCUT2D eigenvalue weighted by Gasteiger charge is -2.34. The minimum Gasteiger partial charge on any atom is -0.336 e. The number of benzene rings is 2. The van der Waals surface area contributed by atoms with E-state index in [1.807, 2.05) is 0 Å². The van der Waals surface area contributed by atoms with Crippen molar-refractivity contribution in [3.05, 3.63) is 64.7 Å². The Morgan fingerprint density at radius 1 is 0.879 bits per heavy atom. The van der Waals surface area contributed by atoms with Crippen LogP contribution in [0.25, 0.3) is 0 Å². The number of halogens is 6. The van der Waals surface area contributed by atoms with Crippen LogP contribution in [-0.4, -0.2) is 49.7 Å². The summed E-state index contributed by atoms with van der Waals surface area (Å²) >= 11 is 0. The molecule has 1 amide bonds. The summed E-state index contributed by atoms with van der Waals surface area (Å²) in [6.07, 6.45) is -10.2. The maximum Gasteiger partial charge on any atom is 0.416 e. The molecule has 1 saturated heterocycles. The summed E-state index contributed by atoms with van der Waals surface area (Å²) in [7, 11) is -4.10. The number of hydrogen-bond acceptors (Lipinski definition) is 4. The first-order valence-electron chi connectivity index (χ1n) is 9.33. The lowest BCUT2D eigenvalue weighted by molar-refractivity contribution is -0.143. The number of alkyl halides is 6. The van der Waals surface area contributed by atoms with Crippen LogP contribution in [0.2, 0.25) is 0 Å². The van der Waals surface area contributed by atoms with Gasteiger partial charge in [-0.25, -0.2) is 8.42 Å². The number of sulfonamides is 1. The van der Waals surface area contributed by atoms with Crippen LogP contribution in [0, 0.1) is 11.3 Å². The highest BCUT2D eigenvalue weighted by Gasteiger charge is 2.38. The normalized spacial score (nSPS) is 15.8. The maximum absolute atomic E-state index is 13.1. The smallest absolute Gasteiger partial charge is 0.336 e. The molecule has 0 N–H and O–H groups in total. The molecule has 0 saturated carbocycles. The van der Waals surface area contributed by atoms with Gasteiger partial charge in [0.25, 0.3) is 5.91 Å². The van der Waals surface area contributed by atoms with Crippen LogP contribution in [0.5, 0.6) is 0 Å². The molecule has 2 aromatic rings. The van der Waals surface area contributed by atoms with Crippen LogP contribution in [-0.2, 0) is 22.4 Å². The van der Waals surface area contributed by atoms with Crippen molar-refractivity contribution < 1.29 is 39.6 Å². The number of piperazine rings is 1. The van der Waals surface area contributed by atoms with Crippen LogP contribution < -0.4 is 0 Å². The third-order valence-corrected chi connectivity index (χ3v) is 6.94. The molecule has 1 fully saturated rings. The van der Waals surface area contributed by atoms with E-state index in [4.69, 9.17) is 5.26 Å². The second-order valence-corrected chi connectivity index (χ2v) is 9.01. The summed E-state index contributed by atoms with van der Waals surface area (Å²) in [4.78, 5) is 13.4. The van der Waals surface area contributed by atoms with Crippen LogP contribution in [0.15, 0.2) is 47.4 Å². The fourth-order valence-corrected chi connectivity index (χ4v) is 4.88. The fourth-order valence-electron chi connectivity index (χ4n) is 3.32. The second kappa shape index (κ2) is 8.68. The van der Waals surface area contributed by atoms with E-state index >= 15 is 0 Å². The van der Waals surface area contributed by atoms with Crippen molar-refractivity contribution in [1.29, 1.82) is 5.26 Å². The first-order valence-corrected chi connectivity index (χ1v) is 10.8. The predicted molar refractivity (Wildman–Crippen MR) is 102 cm³/mol.